The molecule has 5 nitrogen and oxygen atoms in total. The Hall–Kier alpha value is -1.07. The lowest BCUT2D eigenvalue weighted by Gasteiger charge is -2.40. The van der Waals surface area contributed by atoms with Gasteiger partial charge in [0.1, 0.15) is 0 Å². The highest BCUT2D eigenvalue weighted by molar-refractivity contribution is 5.43. The summed E-state index contributed by atoms with van der Waals surface area (Å²) in [6, 6.07) is 0. The molecule has 2 fully saturated rings. The first kappa shape index (κ1) is 14.9. The Balaban J connectivity index is 1.69. The molecule has 21 heavy (non-hydrogen) atoms. The van der Waals surface area contributed by atoms with Gasteiger partial charge in [-0.1, -0.05) is 19.3 Å². The molecule has 118 valence electrons. The lowest BCUT2D eigenvalue weighted by Crippen LogP contribution is -2.52. The average molecular weight is 292 g/mol. The van der Waals surface area contributed by atoms with Gasteiger partial charge in [0, 0.05) is 31.9 Å². The smallest absolute Gasteiger partial charge is 0.0753 e. The van der Waals surface area contributed by atoms with Crippen LogP contribution in [0.15, 0.2) is 12.4 Å². The van der Waals surface area contributed by atoms with Gasteiger partial charge in [0.2, 0.25) is 0 Å². The Morgan fingerprint density at radius 1 is 1.29 bits per heavy atom. The van der Waals surface area contributed by atoms with Gasteiger partial charge in [0.25, 0.3) is 0 Å². The summed E-state index contributed by atoms with van der Waals surface area (Å²) in [5, 5.41) is 8.32. The van der Waals surface area contributed by atoms with Crippen LogP contribution in [0.4, 0.5) is 5.69 Å². The summed E-state index contributed by atoms with van der Waals surface area (Å²) in [4.78, 5) is 2.53. The van der Waals surface area contributed by atoms with Crippen molar-refractivity contribution in [1.29, 1.82) is 0 Å². The van der Waals surface area contributed by atoms with Crippen LogP contribution in [-0.4, -0.2) is 48.7 Å². The van der Waals surface area contributed by atoms with E-state index in [1.165, 1.54) is 44.2 Å². The first-order valence-electron chi connectivity index (χ1n) is 8.33. The van der Waals surface area contributed by atoms with Crippen molar-refractivity contribution < 1.29 is 4.74 Å². The minimum absolute atomic E-state index is 0.337. The third-order valence-corrected chi connectivity index (χ3v) is 4.92. The zero-order valence-corrected chi connectivity index (χ0v) is 13.2. The standard InChI is InChI=1S/C16H28N4O/c1-21-11-10-20-13-15(12-18-20)19-9-5-8-17-16(14-19)6-3-2-4-7-16/h12-13,17H,2-11,14H2,1H3. The summed E-state index contributed by atoms with van der Waals surface area (Å²) >= 11 is 0. The van der Waals surface area contributed by atoms with E-state index in [1.807, 2.05) is 10.9 Å². The summed E-state index contributed by atoms with van der Waals surface area (Å²) in [6.45, 7) is 4.95. The largest absolute Gasteiger partial charge is 0.383 e. The average Bonchev–Trinajstić information content (AvgIpc) is 2.89. The van der Waals surface area contributed by atoms with Crippen LogP contribution in [0.5, 0.6) is 0 Å². The quantitative estimate of drug-likeness (QED) is 0.922. The van der Waals surface area contributed by atoms with Crippen molar-refractivity contribution in [1.82, 2.24) is 15.1 Å². The van der Waals surface area contributed by atoms with Crippen LogP contribution < -0.4 is 10.2 Å². The van der Waals surface area contributed by atoms with E-state index in [1.54, 1.807) is 7.11 Å². The Labute approximate surface area is 127 Å². The molecule has 5 heteroatoms. The van der Waals surface area contributed by atoms with Gasteiger partial charge in [-0.2, -0.15) is 5.10 Å². The first-order chi connectivity index (χ1) is 10.3. The van der Waals surface area contributed by atoms with Crippen molar-refractivity contribution in [2.75, 3.05) is 38.3 Å². The molecule has 0 bridgehead atoms. The van der Waals surface area contributed by atoms with Crippen LogP contribution in [0.3, 0.4) is 0 Å². The van der Waals surface area contributed by atoms with E-state index in [9.17, 15) is 0 Å². The fraction of sp³-hybridized carbons (Fsp3) is 0.812. The van der Waals surface area contributed by atoms with E-state index >= 15 is 0 Å². The van der Waals surface area contributed by atoms with E-state index in [-0.39, 0.29) is 0 Å². The van der Waals surface area contributed by atoms with Crippen molar-refractivity contribution in [2.24, 2.45) is 0 Å². The molecule has 1 saturated heterocycles. The van der Waals surface area contributed by atoms with Gasteiger partial charge in [-0.25, -0.2) is 0 Å². The maximum atomic E-state index is 5.13. The maximum absolute atomic E-state index is 5.13. The van der Waals surface area contributed by atoms with Gasteiger partial charge in [0.15, 0.2) is 0 Å². The zero-order valence-electron chi connectivity index (χ0n) is 13.2. The first-order valence-corrected chi connectivity index (χ1v) is 8.33. The zero-order chi connectivity index (χ0) is 14.5. The molecule has 0 amide bonds. The van der Waals surface area contributed by atoms with Crippen LogP contribution in [0, 0.1) is 0 Å². The molecule has 0 atom stereocenters. The van der Waals surface area contributed by atoms with E-state index in [0.717, 1.165) is 26.2 Å². The van der Waals surface area contributed by atoms with E-state index in [2.05, 4.69) is 21.5 Å². The molecule has 1 aromatic rings. The van der Waals surface area contributed by atoms with Crippen LogP contribution >= 0.6 is 0 Å². The van der Waals surface area contributed by atoms with Gasteiger partial charge in [-0.15, -0.1) is 0 Å². The van der Waals surface area contributed by atoms with Crippen LogP contribution in [-0.2, 0) is 11.3 Å². The molecule has 1 N–H and O–H groups in total. The Morgan fingerprint density at radius 2 is 2.14 bits per heavy atom. The topological polar surface area (TPSA) is 42.3 Å². The number of rotatable bonds is 4. The summed E-state index contributed by atoms with van der Waals surface area (Å²) in [5.74, 6) is 0. The van der Waals surface area contributed by atoms with E-state index in [4.69, 9.17) is 4.74 Å². The van der Waals surface area contributed by atoms with Crippen molar-refractivity contribution >= 4 is 5.69 Å². The molecule has 0 radical (unpaired) electrons. The third-order valence-electron chi connectivity index (χ3n) is 4.92. The Kier molecular flexibility index (Phi) is 4.80. The van der Waals surface area contributed by atoms with Crippen LogP contribution in [0.2, 0.25) is 0 Å². The fourth-order valence-corrected chi connectivity index (χ4v) is 3.73. The number of nitrogens with one attached hydrogen (secondary N) is 1. The highest BCUT2D eigenvalue weighted by Crippen LogP contribution is 2.31. The molecule has 1 aromatic heterocycles. The summed E-state index contributed by atoms with van der Waals surface area (Å²) < 4.78 is 7.12. The molecular weight excluding hydrogens is 264 g/mol. The maximum Gasteiger partial charge on any atom is 0.0753 e. The van der Waals surface area contributed by atoms with Gasteiger partial charge in [-0.3, -0.25) is 4.68 Å². The predicted molar refractivity (Wildman–Crippen MR) is 84.8 cm³/mol. The van der Waals surface area contributed by atoms with Gasteiger partial charge in [-0.05, 0) is 25.8 Å². The second kappa shape index (κ2) is 6.79. The van der Waals surface area contributed by atoms with E-state index in [0.29, 0.717) is 12.1 Å². The minimum atomic E-state index is 0.337. The number of ether oxygens (including phenoxy) is 1. The van der Waals surface area contributed by atoms with Crippen molar-refractivity contribution in [3.8, 4) is 0 Å². The number of methoxy groups -OCH3 is 1. The molecule has 0 unspecified atom stereocenters. The number of hydrogen-bond donors (Lipinski definition) is 1. The number of anilines is 1. The molecule has 1 aliphatic heterocycles. The van der Waals surface area contributed by atoms with Crippen molar-refractivity contribution in [3.63, 3.8) is 0 Å². The molecular formula is C16H28N4O. The molecule has 1 spiro atoms. The lowest BCUT2D eigenvalue weighted by molar-refractivity contribution is 0.183. The normalized spacial score (nSPS) is 22.4. The van der Waals surface area contributed by atoms with Gasteiger partial charge < -0.3 is 15.0 Å². The van der Waals surface area contributed by atoms with Crippen LogP contribution in [0.25, 0.3) is 0 Å². The number of nitrogens with zero attached hydrogens (tertiary/aromatic N) is 3. The second-order valence-corrected chi connectivity index (χ2v) is 6.50. The highest BCUT2D eigenvalue weighted by Gasteiger charge is 2.35. The van der Waals surface area contributed by atoms with Crippen molar-refractivity contribution in [2.45, 2.75) is 50.6 Å². The molecule has 1 saturated carbocycles. The molecule has 1 aliphatic carbocycles. The predicted octanol–water partition coefficient (Wildman–Crippen LogP) is 2.03. The molecule has 2 aliphatic rings. The Bertz CT molecular complexity index is 439. The van der Waals surface area contributed by atoms with Crippen LogP contribution in [0.1, 0.15) is 38.5 Å². The SMILES string of the molecule is COCCn1cc(N2CCCNC3(CCCCC3)C2)cn1. The third kappa shape index (κ3) is 3.58. The highest BCUT2D eigenvalue weighted by atomic mass is 16.5. The fourth-order valence-electron chi connectivity index (χ4n) is 3.73. The molecule has 2 heterocycles. The van der Waals surface area contributed by atoms with Crippen molar-refractivity contribution in [3.05, 3.63) is 12.4 Å². The second-order valence-electron chi connectivity index (χ2n) is 6.50. The number of hydrogen-bond acceptors (Lipinski definition) is 4. The summed E-state index contributed by atoms with van der Waals surface area (Å²) in [6.07, 6.45) is 12.2. The summed E-state index contributed by atoms with van der Waals surface area (Å²) in [7, 11) is 1.73. The number of aromatic nitrogens is 2. The summed E-state index contributed by atoms with van der Waals surface area (Å²) in [5.41, 5.74) is 1.60. The molecule has 0 aromatic carbocycles. The lowest BCUT2D eigenvalue weighted by atomic mass is 9.81. The van der Waals surface area contributed by atoms with Gasteiger partial charge >= 0.3 is 0 Å². The minimum Gasteiger partial charge on any atom is -0.383 e. The molecule has 3 rings (SSSR count). The van der Waals surface area contributed by atoms with Gasteiger partial charge in [0.05, 0.1) is 25.0 Å². The van der Waals surface area contributed by atoms with E-state index < -0.39 is 0 Å². The monoisotopic (exact) mass is 292 g/mol. The Morgan fingerprint density at radius 3 is 2.95 bits per heavy atom.